The maximum Gasteiger partial charge on any atom is 0.347 e. The molecule has 3 atom stereocenters. The topological polar surface area (TPSA) is 95.2 Å². The molecule has 0 saturated carbocycles. The Morgan fingerprint density at radius 1 is 1.29 bits per heavy atom. The second kappa shape index (κ2) is 4.58. The van der Waals surface area contributed by atoms with E-state index in [1.54, 1.807) is 6.07 Å². The molecule has 1 saturated heterocycles. The van der Waals surface area contributed by atoms with Crippen LogP contribution in [-0.4, -0.2) is 30.6 Å². The van der Waals surface area contributed by atoms with Gasteiger partial charge < -0.3 is 23.7 Å². The Morgan fingerprint density at radius 2 is 2.12 bits per heavy atom. The van der Waals surface area contributed by atoms with Gasteiger partial charge in [-0.25, -0.2) is 4.79 Å². The highest BCUT2D eigenvalue weighted by molar-refractivity contribution is 6.06. The number of fused-ring (bicyclic) bond motifs is 7. The summed E-state index contributed by atoms with van der Waals surface area (Å²) in [5.74, 6) is 0.603. The van der Waals surface area contributed by atoms with Gasteiger partial charge in [0.25, 0.3) is 0 Å². The smallest absolute Gasteiger partial charge is 0.347 e. The second-order valence-electron chi connectivity index (χ2n) is 6.28. The summed E-state index contributed by atoms with van der Waals surface area (Å²) >= 11 is 0. The third-order valence-electron chi connectivity index (χ3n) is 5.04. The van der Waals surface area contributed by atoms with Crippen molar-refractivity contribution in [2.45, 2.75) is 37.8 Å². The molecular weight excluding hydrogens is 316 g/mol. The molecule has 24 heavy (non-hydrogen) atoms. The maximum absolute atomic E-state index is 12.3. The lowest BCUT2D eigenvalue weighted by molar-refractivity contribution is -0.147. The van der Waals surface area contributed by atoms with Crippen LogP contribution in [0.25, 0.3) is 11.0 Å². The number of ketones is 1. The molecule has 1 aromatic carbocycles. The quantitative estimate of drug-likeness (QED) is 0.791. The summed E-state index contributed by atoms with van der Waals surface area (Å²) in [6, 6.07) is 1.73. The Morgan fingerprint density at radius 3 is 2.92 bits per heavy atom. The number of rotatable bonds is 1. The van der Waals surface area contributed by atoms with E-state index in [1.165, 1.54) is 7.11 Å². The van der Waals surface area contributed by atoms with E-state index in [4.69, 9.17) is 18.6 Å². The van der Waals surface area contributed by atoms with Crippen LogP contribution in [0.2, 0.25) is 0 Å². The molecule has 1 N–H and O–H groups in total. The summed E-state index contributed by atoms with van der Waals surface area (Å²) in [5, 5.41) is 10.4. The molecule has 3 heterocycles. The van der Waals surface area contributed by atoms with E-state index in [0.717, 1.165) is 0 Å². The van der Waals surface area contributed by atoms with E-state index in [0.29, 0.717) is 52.9 Å². The van der Waals surface area contributed by atoms with Gasteiger partial charge in [0.2, 0.25) is 6.29 Å². The van der Waals surface area contributed by atoms with E-state index in [2.05, 4.69) is 0 Å². The minimum atomic E-state index is -0.909. The Labute approximate surface area is 135 Å². The van der Waals surface area contributed by atoms with Crippen molar-refractivity contribution in [1.29, 1.82) is 0 Å². The molecule has 5 rings (SSSR count). The van der Waals surface area contributed by atoms with Gasteiger partial charge in [-0.15, -0.1) is 0 Å². The Balaban J connectivity index is 1.88. The van der Waals surface area contributed by atoms with Crippen LogP contribution in [0.3, 0.4) is 0 Å². The first-order chi connectivity index (χ1) is 11.6. The van der Waals surface area contributed by atoms with E-state index in [9.17, 15) is 14.7 Å². The zero-order valence-electron chi connectivity index (χ0n) is 12.8. The van der Waals surface area contributed by atoms with Crippen molar-refractivity contribution in [2.24, 2.45) is 0 Å². The van der Waals surface area contributed by atoms with Crippen LogP contribution in [-0.2, 0) is 11.2 Å². The summed E-state index contributed by atoms with van der Waals surface area (Å²) in [5.41, 5.74) is 1.24. The number of aliphatic hydroxyl groups is 1. The molecule has 0 radical (unpaired) electrons. The number of methoxy groups -OCH3 is 1. The fourth-order valence-electron chi connectivity index (χ4n) is 4.04. The molecule has 0 unspecified atom stereocenters. The predicted octanol–water partition coefficient (Wildman–Crippen LogP) is 1.47. The summed E-state index contributed by atoms with van der Waals surface area (Å²) in [6.07, 6.45) is -0.374. The zero-order valence-corrected chi connectivity index (χ0v) is 12.8. The standard InChI is InChI=1S/C17H14O7/c1-21-9-5-10-14(7-4-11(19)23-17(7)22-10)15-13(9)6-2-3-8(18)12(6)16(20)24-15/h5,7,11,17,19H,2-4H2,1H3/t7-,11+,17-/m0/s1. The van der Waals surface area contributed by atoms with Gasteiger partial charge in [-0.3, -0.25) is 4.79 Å². The Hall–Kier alpha value is -2.38. The van der Waals surface area contributed by atoms with Gasteiger partial charge in [0.05, 0.1) is 18.4 Å². The fraction of sp³-hybridized carbons (Fsp3) is 0.412. The summed E-state index contributed by atoms with van der Waals surface area (Å²) in [7, 11) is 1.52. The number of Topliss-reactive ketones (excluding diaryl/α,β-unsaturated/α-hetero) is 1. The number of ether oxygens (including phenoxy) is 3. The van der Waals surface area contributed by atoms with E-state index < -0.39 is 18.2 Å². The molecule has 7 nitrogen and oxygen atoms in total. The van der Waals surface area contributed by atoms with Gasteiger partial charge in [-0.2, -0.15) is 0 Å². The highest BCUT2D eigenvalue weighted by Gasteiger charge is 2.46. The minimum absolute atomic E-state index is 0.124. The summed E-state index contributed by atoms with van der Waals surface area (Å²) in [6.45, 7) is 0. The van der Waals surface area contributed by atoms with Gasteiger partial charge in [0, 0.05) is 24.5 Å². The predicted molar refractivity (Wildman–Crippen MR) is 80.6 cm³/mol. The van der Waals surface area contributed by atoms with Gasteiger partial charge in [0.15, 0.2) is 12.1 Å². The zero-order chi connectivity index (χ0) is 16.6. The molecule has 1 aliphatic carbocycles. The molecule has 2 aliphatic heterocycles. The number of carbonyl (C=O) groups excluding carboxylic acids is 1. The number of carbonyl (C=O) groups is 1. The van der Waals surface area contributed by atoms with Crippen LogP contribution < -0.4 is 15.1 Å². The molecule has 7 heteroatoms. The monoisotopic (exact) mass is 330 g/mol. The maximum atomic E-state index is 12.3. The first-order valence-corrected chi connectivity index (χ1v) is 7.82. The van der Waals surface area contributed by atoms with Gasteiger partial charge in [0.1, 0.15) is 22.6 Å². The molecule has 1 fully saturated rings. The summed E-state index contributed by atoms with van der Waals surface area (Å²) < 4.78 is 22.1. The Bertz CT molecular complexity index is 958. The van der Waals surface area contributed by atoms with Crippen LogP contribution in [0, 0.1) is 0 Å². The number of aliphatic hydroxyl groups excluding tert-OH is 1. The second-order valence-corrected chi connectivity index (χ2v) is 6.28. The molecule has 0 bridgehead atoms. The van der Waals surface area contributed by atoms with Crippen LogP contribution in [0.4, 0.5) is 0 Å². The lowest BCUT2D eigenvalue weighted by atomic mass is 9.93. The molecular formula is C17H14O7. The van der Waals surface area contributed by atoms with Crippen LogP contribution in [0.15, 0.2) is 15.3 Å². The first kappa shape index (κ1) is 14.0. The Kier molecular flexibility index (Phi) is 2.67. The lowest BCUT2D eigenvalue weighted by Gasteiger charge is -2.13. The van der Waals surface area contributed by atoms with Gasteiger partial charge >= 0.3 is 5.63 Å². The van der Waals surface area contributed by atoms with Crippen LogP contribution in [0.5, 0.6) is 11.5 Å². The minimum Gasteiger partial charge on any atom is -0.496 e. The van der Waals surface area contributed by atoms with Crippen LogP contribution in [0.1, 0.15) is 40.2 Å². The van der Waals surface area contributed by atoms with E-state index in [-0.39, 0.29) is 17.3 Å². The normalized spacial score (nSPS) is 27.1. The van der Waals surface area contributed by atoms with Gasteiger partial charge in [-0.1, -0.05) is 0 Å². The third-order valence-corrected chi connectivity index (χ3v) is 5.04. The average molecular weight is 330 g/mol. The van der Waals surface area contributed by atoms with Crippen molar-refractivity contribution < 1.29 is 28.5 Å². The third kappa shape index (κ3) is 1.63. The summed E-state index contributed by atoms with van der Waals surface area (Å²) in [4.78, 5) is 24.4. The van der Waals surface area contributed by atoms with Crippen molar-refractivity contribution in [1.82, 2.24) is 0 Å². The largest absolute Gasteiger partial charge is 0.496 e. The number of hydrogen-bond donors (Lipinski definition) is 1. The van der Waals surface area contributed by atoms with E-state index >= 15 is 0 Å². The van der Waals surface area contributed by atoms with Crippen molar-refractivity contribution in [3.8, 4) is 11.5 Å². The highest BCUT2D eigenvalue weighted by Crippen LogP contribution is 2.51. The number of hydrogen-bond acceptors (Lipinski definition) is 7. The fourth-order valence-corrected chi connectivity index (χ4v) is 4.04. The SMILES string of the molecule is COc1cc2c(c3oc(=O)c4c(c13)CCC4=O)[C@@H]1C[C@H](O)O[C@@H]1O2. The van der Waals surface area contributed by atoms with Crippen molar-refractivity contribution >= 4 is 16.8 Å². The highest BCUT2D eigenvalue weighted by atomic mass is 16.7. The number of benzene rings is 1. The number of aryl methyl sites for hydroxylation is 1. The molecule has 3 aliphatic rings. The average Bonchev–Trinajstić information content (AvgIpc) is 3.18. The molecule has 2 aromatic rings. The molecule has 124 valence electrons. The molecule has 0 spiro atoms. The van der Waals surface area contributed by atoms with Crippen LogP contribution >= 0.6 is 0 Å². The van der Waals surface area contributed by atoms with Crippen molar-refractivity contribution in [3.05, 3.63) is 33.2 Å². The van der Waals surface area contributed by atoms with Gasteiger partial charge in [-0.05, 0) is 12.0 Å². The lowest BCUT2D eigenvalue weighted by Crippen LogP contribution is -2.16. The first-order valence-electron chi connectivity index (χ1n) is 7.82. The van der Waals surface area contributed by atoms with Crippen molar-refractivity contribution in [3.63, 3.8) is 0 Å². The molecule has 1 aromatic heterocycles. The van der Waals surface area contributed by atoms with E-state index in [1.807, 2.05) is 0 Å². The van der Waals surface area contributed by atoms with Crippen molar-refractivity contribution in [2.75, 3.05) is 7.11 Å². The molecule has 0 amide bonds.